The van der Waals surface area contributed by atoms with E-state index in [4.69, 9.17) is 0 Å². The average Bonchev–Trinajstić information content (AvgIpc) is 4.54. The monoisotopic (exact) mass is 1040 g/mol. The molecule has 0 saturated carbocycles. The van der Waals surface area contributed by atoms with Gasteiger partial charge in [0.05, 0.1) is 26.4 Å². The number of benzene rings is 10. The minimum Gasteiger partial charge on any atom is -0.302 e. The summed E-state index contributed by atoms with van der Waals surface area (Å²) in [6.07, 6.45) is 0. The third-order valence-corrected chi connectivity index (χ3v) is 17.8. The van der Waals surface area contributed by atoms with E-state index in [9.17, 15) is 0 Å². The van der Waals surface area contributed by atoms with Crippen LogP contribution in [0.15, 0.2) is 271 Å². The molecule has 10 aromatic carbocycles. The van der Waals surface area contributed by atoms with Gasteiger partial charge in [0.2, 0.25) is 0 Å². The van der Waals surface area contributed by atoms with Crippen LogP contribution in [0.2, 0.25) is 0 Å². The molecule has 0 spiro atoms. The Hall–Kier alpha value is -8.78. The van der Waals surface area contributed by atoms with Gasteiger partial charge in [-0.25, -0.2) is 0 Å². The summed E-state index contributed by atoms with van der Waals surface area (Å²) < 4.78 is 0. The molecule has 13 aromatic rings. The molecule has 3 nitrogen and oxygen atoms in total. The Morgan fingerprint density at radius 2 is 0.675 bits per heavy atom. The molecule has 0 amide bonds. The summed E-state index contributed by atoms with van der Waals surface area (Å²) in [5, 5.41) is 14.6. The van der Waals surface area contributed by atoms with Gasteiger partial charge in [-0.05, 0) is 169 Å². The maximum absolute atomic E-state index is 2.55. The zero-order chi connectivity index (χ0) is 51.5. The first-order valence-electron chi connectivity index (χ1n) is 26.1. The summed E-state index contributed by atoms with van der Waals surface area (Å²) in [6.45, 7) is 4.80. The Morgan fingerprint density at radius 1 is 0.273 bits per heavy atom. The van der Waals surface area contributed by atoms with Crippen LogP contribution in [0.5, 0.6) is 0 Å². The second-order valence-corrected chi connectivity index (χ2v) is 22.9. The van der Waals surface area contributed by atoms with Crippen molar-refractivity contribution >= 4 is 105 Å². The minimum absolute atomic E-state index is 0.246. The fourth-order valence-electron chi connectivity index (χ4n) is 11.7. The second kappa shape index (κ2) is 19.4. The lowest BCUT2D eigenvalue weighted by Gasteiger charge is -2.33. The van der Waals surface area contributed by atoms with Gasteiger partial charge in [0, 0.05) is 49.7 Å². The molecule has 0 atom stereocenters. The molecule has 77 heavy (non-hydrogen) atoms. The molecule has 0 saturated heterocycles. The van der Waals surface area contributed by atoms with Crippen LogP contribution in [-0.2, 0) is 5.41 Å². The van der Waals surface area contributed by atoms with Crippen molar-refractivity contribution in [2.24, 2.45) is 0 Å². The maximum atomic E-state index is 2.55. The van der Waals surface area contributed by atoms with Crippen molar-refractivity contribution in [1.82, 2.24) is 0 Å². The number of hydrogen-bond acceptors (Lipinski definition) is 6. The standard InChI is InChI=1S/C71H51N3S3/c1-71(2)64-33-13-12-32-58(64)60-46-62-63(47-65(60)71)69(73(67-35-18-40-76-67)55-30-15-27-52(43-55)49-22-8-4-9-23-49)59-38-37-57(72(66-34-17-39-75-66)54-29-14-26-51(42-54)48-20-6-3-7-21-48)45-61(59)70(62)74(68-36-19-41-77-68)56-31-16-28-53(44-56)50-24-10-5-11-25-50/h3-47H,1-2H3. The molecule has 0 aliphatic heterocycles. The van der Waals surface area contributed by atoms with E-state index >= 15 is 0 Å². The highest BCUT2D eigenvalue weighted by molar-refractivity contribution is 7.15. The van der Waals surface area contributed by atoms with Gasteiger partial charge in [0.1, 0.15) is 0 Å². The lowest BCUT2D eigenvalue weighted by atomic mass is 9.81. The molecule has 14 rings (SSSR count). The van der Waals surface area contributed by atoms with E-state index < -0.39 is 0 Å². The molecule has 6 heteroatoms. The van der Waals surface area contributed by atoms with E-state index in [-0.39, 0.29) is 5.41 Å². The Labute approximate surface area is 462 Å². The van der Waals surface area contributed by atoms with Gasteiger partial charge in [-0.3, -0.25) is 0 Å². The number of hydrogen-bond donors (Lipinski definition) is 0. The van der Waals surface area contributed by atoms with Crippen LogP contribution in [0.4, 0.5) is 49.1 Å². The van der Waals surface area contributed by atoms with Crippen LogP contribution in [0.25, 0.3) is 66.1 Å². The van der Waals surface area contributed by atoms with Crippen molar-refractivity contribution in [3.05, 3.63) is 282 Å². The molecule has 0 N–H and O–H groups in total. The SMILES string of the molecule is CC1(C)c2ccccc2-c2cc3c(N(c4cccc(-c5ccccc5)c4)c4cccs4)c4cc(N(c5cccc(-c6ccccc6)c5)c5cccs5)ccc4c(N(c4cccc(-c5ccccc5)c4)c4cccs4)c3cc21. The van der Waals surface area contributed by atoms with E-state index in [1.807, 2.05) is 0 Å². The van der Waals surface area contributed by atoms with Gasteiger partial charge in [-0.1, -0.05) is 172 Å². The van der Waals surface area contributed by atoms with Crippen LogP contribution in [-0.4, -0.2) is 0 Å². The van der Waals surface area contributed by atoms with E-state index in [0.717, 1.165) is 65.5 Å². The van der Waals surface area contributed by atoms with E-state index in [1.165, 1.54) is 60.8 Å². The van der Waals surface area contributed by atoms with Gasteiger partial charge >= 0.3 is 0 Å². The fourth-order valence-corrected chi connectivity index (χ4v) is 14.0. The first-order chi connectivity index (χ1) is 38.0. The number of rotatable bonds is 12. The van der Waals surface area contributed by atoms with Crippen LogP contribution < -0.4 is 14.7 Å². The van der Waals surface area contributed by atoms with E-state index in [2.05, 4.69) is 299 Å². The normalized spacial score (nSPS) is 12.4. The maximum Gasteiger partial charge on any atom is 0.0999 e. The molecule has 0 bridgehead atoms. The van der Waals surface area contributed by atoms with Crippen molar-refractivity contribution in [3.8, 4) is 44.5 Å². The summed E-state index contributed by atoms with van der Waals surface area (Å²) in [7, 11) is 0. The predicted molar refractivity (Wildman–Crippen MR) is 333 cm³/mol. The van der Waals surface area contributed by atoms with Gasteiger partial charge in [0.25, 0.3) is 0 Å². The molecular weight excluding hydrogens is 991 g/mol. The smallest absolute Gasteiger partial charge is 0.0999 e. The van der Waals surface area contributed by atoms with Crippen molar-refractivity contribution in [1.29, 1.82) is 0 Å². The molecule has 3 heterocycles. The summed E-state index contributed by atoms with van der Waals surface area (Å²) in [6, 6.07) is 94.1. The fraction of sp³-hybridized carbons (Fsp3) is 0.0423. The molecule has 3 aromatic heterocycles. The Kier molecular flexibility index (Phi) is 11.8. The predicted octanol–water partition coefficient (Wildman–Crippen LogP) is 21.9. The molecular formula is C71H51N3S3. The molecule has 0 radical (unpaired) electrons. The highest BCUT2D eigenvalue weighted by Crippen LogP contribution is 2.58. The van der Waals surface area contributed by atoms with Gasteiger partial charge in [-0.15, -0.1) is 34.0 Å². The van der Waals surface area contributed by atoms with Gasteiger partial charge in [0.15, 0.2) is 0 Å². The van der Waals surface area contributed by atoms with Gasteiger partial charge < -0.3 is 14.7 Å². The summed E-state index contributed by atoms with van der Waals surface area (Å²) in [5.74, 6) is 0. The van der Waals surface area contributed by atoms with Crippen LogP contribution >= 0.6 is 34.0 Å². The van der Waals surface area contributed by atoms with Crippen LogP contribution in [0.1, 0.15) is 25.0 Å². The van der Waals surface area contributed by atoms with Crippen LogP contribution in [0, 0.1) is 0 Å². The molecule has 0 fully saturated rings. The van der Waals surface area contributed by atoms with Crippen molar-refractivity contribution in [2.45, 2.75) is 19.3 Å². The highest BCUT2D eigenvalue weighted by Gasteiger charge is 2.37. The molecule has 1 aliphatic carbocycles. The van der Waals surface area contributed by atoms with E-state index in [0.29, 0.717) is 0 Å². The van der Waals surface area contributed by atoms with Crippen molar-refractivity contribution < 1.29 is 0 Å². The topological polar surface area (TPSA) is 9.72 Å². The number of nitrogens with zero attached hydrogens (tertiary/aromatic N) is 3. The number of fused-ring (bicyclic) bond motifs is 5. The van der Waals surface area contributed by atoms with Gasteiger partial charge in [-0.2, -0.15) is 0 Å². The number of anilines is 9. The minimum atomic E-state index is -0.246. The molecule has 368 valence electrons. The Balaban J connectivity index is 1.13. The third-order valence-electron chi connectivity index (χ3n) is 15.3. The Bertz CT molecular complexity index is 4240. The van der Waals surface area contributed by atoms with E-state index in [1.54, 1.807) is 34.0 Å². The van der Waals surface area contributed by atoms with Crippen molar-refractivity contribution in [3.63, 3.8) is 0 Å². The largest absolute Gasteiger partial charge is 0.302 e. The zero-order valence-corrected chi connectivity index (χ0v) is 45.0. The van der Waals surface area contributed by atoms with Crippen molar-refractivity contribution in [2.75, 3.05) is 14.7 Å². The summed E-state index contributed by atoms with van der Waals surface area (Å²) >= 11 is 5.30. The quantitative estimate of drug-likeness (QED) is 0.0892. The summed E-state index contributed by atoms with van der Waals surface area (Å²) in [5.41, 5.74) is 18.7. The zero-order valence-electron chi connectivity index (χ0n) is 42.5. The second-order valence-electron chi connectivity index (χ2n) is 20.2. The lowest BCUT2D eigenvalue weighted by Crippen LogP contribution is -2.16. The first kappa shape index (κ1) is 46.7. The van der Waals surface area contributed by atoms with Crippen LogP contribution in [0.3, 0.4) is 0 Å². The highest BCUT2D eigenvalue weighted by atomic mass is 32.1. The number of thiophene rings is 3. The molecule has 1 aliphatic rings. The summed E-state index contributed by atoms with van der Waals surface area (Å²) in [4.78, 5) is 7.53. The average molecular weight is 1040 g/mol. The Morgan fingerprint density at radius 3 is 1.17 bits per heavy atom. The lowest BCUT2D eigenvalue weighted by molar-refractivity contribution is 0.661. The first-order valence-corrected chi connectivity index (χ1v) is 28.8. The third kappa shape index (κ3) is 8.25. The molecule has 0 unspecified atom stereocenters.